The van der Waals surface area contributed by atoms with Crippen LogP contribution >= 0.6 is 0 Å². The molecular formula is C35H52N4O2. The third kappa shape index (κ3) is 6.11. The zero-order chi connectivity index (χ0) is 27.8. The highest BCUT2D eigenvalue weighted by Crippen LogP contribution is 2.47. The minimum atomic E-state index is -0.685. The van der Waals surface area contributed by atoms with Gasteiger partial charge in [-0.15, -0.1) is 0 Å². The van der Waals surface area contributed by atoms with E-state index in [1.807, 2.05) is 0 Å². The Morgan fingerprint density at radius 1 is 0.854 bits per heavy atom. The average molecular weight is 561 g/mol. The van der Waals surface area contributed by atoms with Crippen molar-refractivity contribution < 1.29 is 9.90 Å². The highest BCUT2D eigenvalue weighted by molar-refractivity contribution is 5.76. The maximum Gasteiger partial charge on any atom is 0.304 e. The SMILES string of the molecule is O=C(O)CCN1CCC(Cc2nc3ccccc3n2C2CC3CCCCC2CN3C2CC3CCCCC(C3)C2)CC1. The number of rotatable bonds is 7. The van der Waals surface area contributed by atoms with Crippen molar-refractivity contribution in [2.75, 3.05) is 26.2 Å². The molecule has 2 aromatic rings. The van der Waals surface area contributed by atoms with Gasteiger partial charge in [-0.1, -0.05) is 50.7 Å². The molecule has 0 amide bonds. The lowest BCUT2D eigenvalue weighted by Crippen LogP contribution is -2.55. The molecule has 1 aromatic carbocycles. The molecule has 3 saturated heterocycles. The van der Waals surface area contributed by atoms with Crippen molar-refractivity contribution in [1.29, 1.82) is 0 Å². The van der Waals surface area contributed by atoms with Crippen LogP contribution in [0.5, 0.6) is 0 Å². The van der Waals surface area contributed by atoms with Gasteiger partial charge >= 0.3 is 5.97 Å². The number of piperidine rings is 2. The van der Waals surface area contributed by atoms with Crippen LogP contribution in [-0.2, 0) is 11.2 Å². The molecule has 1 N–H and O–H groups in total. The lowest BCUT2D eigenvalue weighted by atomic mass is 9.73. The van der Waals surface area contributed by atoms with E-state index in [1.165, 1.54) is 100 Å². The normalized spacial score (nSPS) is 33.9. The number of imidazole rings is 1. The Morgan fingerprint density at radius 2 is 1.59 bits per heavy atom. The summed E-state index contributed by atoms with van der Waals surface area (Å²) < 4.78 is 2.74. The van der Waals surface area contributed by atoms with Gasteiger partial charge < -0.3 is 14.6 Å². The van der Waals surface area contributed by atoms with Gasteiger partial charge in [0.05, 0.1) is 17.5 Å². The molecule has 41 heavy (non-hydrogen) atoms. The number of nitrogens with zero attached hydrogens (tertiary/aromatic N) is 4. The molecule has 4 heterocycles. The fraction of sp³-hybridized carbons (Fsp3) is 0.771. The fourth-order valence-corrected chi connectivity index (χ4v) is 9.94. The number of fused-ring (bicyclic) bond motifs is 8. The molecule has 6 fully saturated rings. The van der Waals surface area contributed by atoms with Crippen LogP contribution in [0.2, 0.25) is 0 Å². The molecule has 224 valence electrons. The number of carboxylic acid groups (broad SMARTS) is 1. The summed E-state index contributed by atoms with van der Waals surface area (Å²) in [5.41, 5.74) is 2.53. The van der Waals surface area contributed by atoms with Gasteiger partial charge in [0.15, 0.2) is 0 Å². The molecule has 0 spiro atoms. The van der Waals surface area contributed by atoms with Crippen LogP contribution in [0.4, 0.5) is 0 Å². The highest BCUT2D eigenvalue weighted by atomic mass is 16.4. The number of hydrogen-bond acceptors (Lipinski definition) is 4. The predicted molar refractivity (Wildman–Crippen MR) is 164 cm³/mol. The summed E-state index contributed by atoms with van der Waals surface area (Å²) in [6.45, 7) is 4.02. The summed E-state index contributed by atoms with van der Waals surface area (Å²) in [7, 11) is 0. The summed E-state index contributed by atoms with van der Waals surface area (Å²) in [4.78, 5) is 21.8. The van der Waals surface area contributed by atoms with Gasteiger partial charge in [-0.2, -0.15) is 0 Å². The number of benzene rings is 1. The highest BCUT2D eigenvalue weighted by Gasteiger charge is 2.44. The predicted octanol–water partition coefficient (Wildman–Crippen LogP) is 6.93. The van der Waals surface area contributed by atoms with E-state index in [0.29, 0.717) is 18.5 Å². The number of carboxylic acids is 1. The number of aromatic nitrogens is 2. The van der Waals surface area contributed by atoms with Gasteiger partial charge in [0, 0.05) is 37.6 Å². The Hall–Kier alpha value is -1.92. The summed E-state index contributed by atoms with van der Waals surface area (Å²) in [5.74, 6) is 3.97. The third-order valence-corrected chi connectivity index (χ3v) is 12.0. The standard InChI is InChI=1S/C35H52N4O2/c40-35(41)15-18-37-16-13-25(14-17-37)22-34-36-31-11-5-6-12-32(31)39(34)33-23-29-10-4-3-9-28(33)24-38(29)30-20-26-7-1-2-8-27(19-26)21-30/h5-6,11-12,25-30,33H,1-4,7-10,13-24H2,(H,40,41). The Bertz CT molecular complexity index is 1170. The maximum absolute atomic E-state index is 11.0. The minimum Gasteiger partial charge on any atom is -0.481 e. The second kappa shape index (κ2) is 12.4. The van der Waals surface area contributed by atoms with Crippen molar-refractivity contribution in [3.05, 3.63) is 30.1 Å². The van der Waals surface area contributed by atoms with Crippen LogP contribution in [-0.4, -0.2) is 68.7 Å². The van der Waals surface area contributed by atoms with Crippen LogP contribution < -0.4 is 0 Å². The van der Waals surface area contributed by atoms with Gasteiger partial charge in [0.1, 0.15) is 5.82 Å². The van der Waals surface area contributed by atoms with E-state index < -0.39 is 5.97 Å². The van der Waals surface area contributed by atoms with Crippen molar-refractivity contribution in [1.82, 2.24) is 19.4 Å². The Labute approximate surface area is 246 Å². The smallest absolute Gasteiger partial charge is 0.304 e. The first-order valence-electron chi connectivity index (χ1n) is 17.3. The Balaban J connectivity index is 1.11. The van der Waals surface area contributed by atoms with E-state index in [1.54, 1.807) is 0 Å². The van der Waals surface area contributed by atoms with Crippen LogP contribution in [0.3, 0.4) is 0 Å². The summed E-state index contributed by atoms with van der Waals surface area (Å²) >= 11 is 0. The second-order valence-electron chi connectivity index (χ2n) is 14.6. The van der Waals surface area contributed by atoms with Crippen LogP contribution in [0, 0.1) is 23.7 Å². The molecular weight excluding hydrogens is 508 g/mol. The minimum absolute atomic E-state index is 0.254. The van der Waals surface area contributed by atoms with E-state index in [0.717, 1.165) is 62.2 Å². The Kier molecular flexibility index (Phi) is 8.41. The summed E-state index contributed by atoms with van der Waals surface area (Å²) in [6, 6.07) is 11.0. The molecule has 6 nitrogen and oxygen atoms in total. The molecule has 3 saturated carbocycles. The average Bonchev–Trinajstić information content (AvgIpc) is 3.22. The van der Waals surface area contributed by atoms with E-state index in [9.17, 15) is 4.79 Å². The van der Waals surface area contributed by atoms with Crippen molar-refractivity contribution >= 4 is 17.0 Å². The van der Waals surface area contributed by atoms with E-state index in [4.69, 9.17) is 10.1 Å². The van der Waals surface area contributed by atoms with Crippen LogP contribution in [0.15, 0.2) is 24.3 Å². The molecule has 6 aliphatic rings. The van der Waals surface area contributed by atoms with Gasteiger partial charge in [0.2, 0.25) is 0 Å². The molecule has 3 aliphatic heterocycles. The summed E-state index contributed by atoms with van der Waals surface area (Å²) in [6.07, 6.45) is 20.8. The molecule has 3 aliphatic carbocycles. The second-order valence-corrected chi connectivity index (χ2v) is 14.6. The Morgan fingerprint density at radius 3 is 2.37 bits per heavy atom. The van der Waals surface area contributed by atoms with E-state index in [2.05, 4.69) is 38.6 Å². The zero-order valence-electron chi connectivity index (χ0n) is 25.1. The molecule has 5 unspecified atom stereocenters. The first kappa shape index (κ1) is 27.9. The molecule has 4 bridgehead atoms. The monoisotopic (exact) mass is 560 g/mol. The van der Waals surface area contributed by atoms with Gasteiger partial charge in [-0.25, -0.2) is 4.98 Å². The van der Waals surface area contributed by atoms with Gasteiger partial charge in [0.25, 0.3) is 0 Å². The van der Waals surface area contributed by atoms with Crippen molar-refractivity contribution in [3.63, 3.8) is 0 Å². The fourth-order valence-electron chi connectivity index (χ4n) is 9.94. The van der Waals surface area contributed by atoms with E-state index >= 15 is 0 Å². The number of aliphatic carboxylic acids is 1. The number of carbonyl (C=O) groups is 1. The van der Waals surface area contributed by atoms with Crippen molar-refractivity contribution in [2.45, 2.75) is 121 Å². The van der Waals surface area contributed by atoms with Gasteiger partial charge in [-0.3, -0.25) is 9.69 Å². The topological polar surface area (TPSA) is 61.6 Å². The quantitative estimate of drug-likeness (QED) is 0.398. The zero-order valence-corrected chi connectivity index (χ0v) is 25.1. The molecule has 6 heteroatoms. The van der Waals surface area contributed by atoms with Gasteiger partial charge in [-0.05, 0) is 100 Å². The van der Waals surface area contributed by atoms with Crippen LogP contribution in [0.25, 0.3) is 11.0 Å². The van der Waals surface area contributed by atoms with Crippen LogP contribution in [0.1, 0.15) is 108 Å². The molecule has 0 radical (unpaired) electrons. The largest absolute Gasteiger partial charge is 0.481 e. The summed E-state index contributed by atoms with van der Waals surface area (Å²) in [5, 5.41) is 9.09. The number of likely N-dealkylation sites (tertiary alicyclic amines) is 1. The molecule has 8 rings (SSSR count). The number of para-hydroxylation sites is 2. The lowest BCUT2D eigenvalue weighted by Gasteiger charge is -2.52. The number of hydrogen-bond donors (Lipinski definition) is 1. The molecule has 5 atom stereocenters. The maximum atomic E-state index is 11.0. The van der Waals surface area contributed by atoms with Crippen molar-refractivity contribution in [3.8, 4) is 0 Å². The first-order chi connectivity index (χ1) is 20.1. The lowest BCUT2D eigenvalue weighted by molar-refractivity contribution is -0.137. The third-order valence-electron chi connectivity index (χ3n) is 12.0. The first-order valence-corrected chi connectivity index (χ1v) is 17.3. The van der Waals surface area contributed by atoms with Crippen molar-refractivity contribution in [2.24, 2.45) is 23.7 Å². The molecule has 1 aromatic heterocycles. The van der Waals surface area contributed by atoms with E-state index in [-0.39, 0.29) is 6.42 Å².